The number of imidazole rings is 2. The number of carbonyl (C=O) groups excluding carboxylic acids is 2. The van der Waals surface area contributed by atoms with E-state index in [4.69, 9.17) is 0 Å². The number of hydrogen-bond acceptors (Lipinski definition) is 4. The van der Waals surface area contributed by atoms with E-state index >= 15 is 0 Å². The number of aryl methyl sites for hydroxylation is 2. The summed E-state index contributed by atoms with van der Waals surface area (Å²) in [5.74, 6) is 0.776. The van der Waals surface area contributed by atoms with Crippen LogP contribution in [-0.4, -0.2) is 30.9 Å². The van der Waals surface area contributed by atoms with Gasteiger partial charge in [0.05, 0.1) is 0 Å². The van der Waals surface area contributed by atoms with Crippen LogP contribution < -0.4 is 0 Å². The summed E-state index contributed by atoms with van der Waals surface area (Å²) in [6, 6.07) is 6.64. The quantitative estimate of drug-likeness (QED) is 0.725. The van der Waals surface area contributed by atoms with Crippen molar-refractivity contribution in [2.75, 3.05) is 0 Å². The fraction of sp³-hybridized carbons (Fsp3) is 0.125. The van der Waals surface area contributed by atoms with Crippen molar-refractivity contribution in [2.24, 2.45) is 0 Å². The highest BCUT2D eigenvalue weighted by molar-refractivity contribution is 6.01. The number of aromatic nitrogens is 4. The lowest BCUT2D eigenvalue weighted by molar-refractivity contribution is 0.0957. The molecule has 1 aromatic carbocycles. The molecule has 0 saturated carbocycles. The zero-order valence-electron chi connectivity index (χ0n) is 12.2. The summed E-state index contributed by atoms with van der Waals surface area (Å²) in [7, 11) is 0. The minimum Gasteiger partial charge on any atom is -0.270 e. The molecule has 0 atom stereocenters. The molecule has 6 nitrogen and oxygen atoms in total. The Balaban J connectivity index is 1.97. The molecule has 0 amide bonds. The molecule has 110 valence electrons. The summed E-state index contributed by atoms with van der Waals surface area (Å²) in [6.07, 6.45) is 6.34. The molecule has 0 spiro atoms. The molecule has 2 aromatic heterocycles. The monoisotopic (exact) mass is 294 g/mol. The second-order valence-electron chi connectivity index (χ2n) is 4.88. The largest absolute Gasteiger partial charge is 0.270 e. The molecule has 2 heterocycles. The maximum Gasteiger partial charge on any atom is 0.263 e. The van der Waals surface area contributed by atoms with Crippen LogP contribution in [0.2, 0.25) is 0 Å². The van der Waals surface area contributed by atoms with Crippen molar-refractivity contribution in [3.05, 3.63) is 71.8 Å². The molecule has 0 unspecified atom stereocenters. The van der Waals surface area contributed by atoms with Gasteiger partial charge >= 0.3 is 0 Å². The summed E-state index contributed by atoms with van der Waals surface area (Å²) in [5, 5.41) is 0. The van der Waals surface area contributed by atoms with Gasteiger partial charge in [-0.05, 0) is 32.0 Å². The first kappa shape index (κ1) is 13.9. The van der Waals surface area contributed by atoms with E-state index in [2.05, 4.69) is 9.97 Å². The molecule has 0 radical (unpaired) electrons. The lowest BCUT2D eigenvalue weighted by Gasteiger charge is -2.07. The summed E-state index contributed by atoms with van der Waals surface area (Å²) < 4.78 is 2.90. The van der Waals surface area contributed by atoms with Crippen molar-refractivity contribution in [1.82, 2.24) is 19.1 Å². The van der Waals surface area contributed by atoms with Gasteiger partial charge in [-0.25, -0.2) is 9.97 Å². The van der Waals surface area contributed by atoms with Crippen molar-refractivity contribution in [3.8, 4) is 0 Å². The predicted molar refractivity (Wildman–Crippen MR) is 79.8 cm³/mol. The van der Waals surface area contributed by atoms with Gasteiger partial charge in [-0.3, -0.25) is 18.7 Å². The third kappa shape index (κ3) is 2.35. The smallest absolute Gasteiger partial charge is 0.263 e. The third-order valence-electron chi connectivity index (χ3n) is 3.45. The van der Waals surface area contributed by atoms with E-state index in [0.29, 0.717) is 22.8 Å². The van der Waals surface area contributed by atoms with Crippen LogP contribution in [0.15, 0.2) is 49.1 Å². The highest BCUT2D eigenvalue weighted by Gasteiger charge is 2.15. The molecular weight excluding hydrogens is 280 g/mol. The van der Waals surface area contributed by atoms with Gasteiger partial charge < -0.3 is 0 Å². The summed E-state index contributed by atoms with van der Waals surface area (Å²) in [5.41, 5.74) is 0.870. The van der Waals surface area contributed by atoms with Crippen LogP contribution in [0.4, 0.5) is 0 Å². The maximum atomic E-state index is 12.4. The molecule has 3 aromatic rings. The first-order valence-electron chi connectivity index (χ1n) is 6.77. The van der Waals surface area contributed by atoms with E-state index in [1.807, 2.05) is 0 Å². The first-order chi connectivity index (χ1) is 10.6. The van der Waals surface area contributed by atoms with Crippen LogP contribution in [0.1, 0.15) is 32.4 Å². The molecule has 0 saturated heterocycles. The predicted octanol–water partition coefficient (Wildman–Crippen LogP) is 2.07. The van der Waals surface area contributed by atoms with Crippen molar-refractivity contribution < 1.29 is 9.59 Å². The highest BCUT2D eigenvalue weighted by atomic mass is 16.2. The van der Waals surface area contributed by atoms with Crippen LogP contribution >= 0.6 is 0 Å². The Bertz CT molecular complexity index is 793. The molecule has 0 aliphatic heterocycles. The molecule has 0 fully saturated rings. The number of carbonyl (C=O) groups is 2. The van der Waals surface area contributed by atoms with Crippen molar-refractivity contribution >= 4 is 11.8 Å². The van der Waals surface area contributed by atoms with Gasteiger partial charge in [0.15, 0.2) is 0 Å². The number of benzene rings is 1. The summed E-state index contributed by atoms with van der Waals surface area (Å²) in [4.78, 5) is 33.0. The Morgan fingerprint density at radius 2 is 1.32 bits per heavy atom. The Morgan fingerprint density at radius 1 is 0.864 bits per heavy atom. The van der Waals surface area contributed by atoms with E-state index in [9.17, 15) is 9.59 Å². The molecule has 0 bridgehead atoms. The Kier molecular flexibility index (Phi) is 3.42. The van der Waals surface area contributed by atoms with Gasteiger partial charge in [0.2, 0.25) is 0 Å². The van der Waals surface area contributed by atoms with Crippen LogP contribution in [0, 0.1) is 13.8 Å². The zero-order valence-corrected chi connectivity index (χ0v) is 12.2. The van der Waals surface area contributed by atoms with Crippen molar-refractivity contribution in [1.29, 1.82) is 0 Å². The maximum absolute atomic E-state index is 12.4. The fourth-order valence-corrected chi connectivity index (χ4v) is 2.25. The van der Waals surface area contributed by atoms with Crippen LogP contribution in [0.5, 0.6) is 0 Å². The van der Waals surface area contributed by atoms with Gasteiger partial charge in [-0.1, -0.05) is 6.07 Å². The average Bonchev–Trinajstić information content (AvgIpc) is 3.14. The normalized spacial score (nSPS) is 10.6. The Morgan fingerprint density at radius 3 is 1.68 bits per heavy atom. The lowest BCUT2D eigenvalue weighted by atomic mass is 10.1. The van der Waals surface area contributed by atoms with E-state index in [1.165, 1.54) is 9.13 Å². The number of rotatable bonds is 2. The minimum atomic E-state index is -0.216. The van der Waals surface area contributed by atoms with Gasteiger partial charge in [-0.15, -0.1) is 0 Å². The molecular formula is C16H14N4O2. The summed E-state index contributed by atoms with van der Waals surface area (Å²) in [6.45, 7) is 3.50. The second-order valence-corrected chi connectivity index (χ2v) is 4.88. The zero-order chi connectivity index (χ0) is 15.7. The fourth-order valence-electron chi connectivity index (χ4n) is 2.25. The van der Waals surface area contributed by atoms with E-state index in [0.717, 1.165) is 0 Å². The molecule has 0 aliphatic rings. The van der Waals surface area contributed by atoms with Crippen molar-refractivity contribution in [2.45, 2.75) is 13.8 Å². The van der Waals surface area contributed by atoms with Crippen LogP contribution in [0.25, 0.3) is 0 Å². The van der Waals surface area contributed by atoms with E-state index in [1.54, 1.807) is 62.9 Å². The lowest BCUT2D eigenvalue weighted by Crippen LogP contribution is -2.16. The van der Waals surface area contributed by atoms with Crippen LogP contribution in [0.3, 0.4) is 0 Å². The second kappa shape index (κ2) is 5.40. The average molecular weight is 294 g/mol. The molecule has 0 aliphatic carbocycles. The van der Waals surface area contributed by atoms with Gasteiger partial charge in [-0.2, -0.15) is 0 Å². The number of nitrogens with zero attached hydrogens (tertiary/aromatic N) is 4. The van der Waals surface area contributed by atoms with Gasteiger partial charge in [0.1, 0.15) is 11.6 Å². The third-order valence-corrected chi connectivity index (χ3v) is 3.45. The minimum absolute atomic E-state index is 0.216. The van der Waals surface area contributed by atoms with Crippen LogP contribution in [-0.2, 0) is 0 Å². The summed E-state index contributed by atoms with van der Waals surface area (Å²) >= 11 is 0. The van der Waals surface area contributed by atoms with E-state index in [-0.39, 0.29) is 11.8 Å². The molecule has 6 heteroatoms. The highest BCUT2D eigenvalue weighted by Crippen LogP contribution is 2.11. The SMILES string of the molecule is Cc1nccn1C(=O)c1cccc(C(=O)n2ccnc2C)c1. The Labute approximate surface area is 127 Å². The van der Waals surface area contributed by atoms with Crippen molar-refractivity contribution in [3.63, 3.8) is 0 Å². The van der Waals surface area contributed by atoms with Gasteiger partial charge in [0.25, 0.3) is 11.8 Å². The number of hydrogen-bond donors (Lipinski definition) is 0. The Hall–Kier alpha value is -3.02. The molecule has 22 heavy (non-hydrogen) atoms. The first-order valence-corrected chi connectivity index (χ1v) is 6.77. The van der Waals surface area contributed by atoms with Gasteiger partial charge in [0, 0.05) is 35.9 Å². The topological polar surface area (TPSA) is 69.8 Å². The standard InChI is InChI=1S/C16H14N4O2/c1-11-17-6-8-19(11)15(21)13-4-3-5-14(10-13)16(22)20-9-7-18-12(20)2/h3-10H,1-2H3. The molecule has 3 rings (SSSR count). The molecule has 0 N–H and O–H groups in total. The van der Waals surface area contributed by atoms with E-state index < -0.39 is 0 Å².